The van der Waals surface area contributed by atoms with Crippen molar-refractivity contribution in [3.63, 3.8) is 0 Å². The first kappa shape index (κ1) is 18.8. The number of piperidine rings is 1. The minimum absolute atomic E-state index is 0.0675. The van der Waals surface area contributed by atoms with Gasteiger partial charge in [-0.3, -0.25) is 14.4 Å². The van der Waals surface area contributed by atoms with Gasteiger partial charge in [-0.1, -0.05) is 22.0 Å². The number of aromatic nitrogens is 4. The molecule has 0 spiro atoms. The van der Waals surface area contributed by atoms with Gasteiger partial charge < -0.3 is 9.73 Å². The highest BCUT2D eigenvalue weighted by Crippen LogP contribution is 2.22. The van der Waals surface area contributed by atoms with Crippen LogP contribution in [0.2, 0.25) is 0 Å². The molecule has 1 aromatic carbocycles. The topological polar surface area (TPSA) is 89.1 Å². The third-order valence-corrected chi connectivity index (χ3v) is 5.28. The molecule has 3 aromatic rings. The Bertz CT molecular complexity index is 961. The summed E-state index contributed by atoms with van der Waals surface area (Å²) < 4.78 is 8.42. The number of likely N-dealkylation sites (tertiary alicyclic amines) is 1. The van der Waals surface area contributed by atoms with Crippen molar-refractivity contribution in [1.29, 1.82) is 0 Å². The molecule has 8 nitrogen and oxygen atoms in total. The van der Waals surface area contributed by atoms with Crippen LogP contribution >= 0.6 is 15.9 Å². The van der Waals surface area contributed by atoms with E-state index in [1.807, 2.05) is 24.3 Å². The number of halogens is 1. The maximum Gasteiger partial charge on any atom is 0.254 e. The molecule has 0 radical (unpaired) electrons. The van der Waals surface area contributed by atoms with Gasteiger partial charge in [0.15, 0.2) is 0 Å². The van der Waals surface area contributed by atoms with Gasteiger partial charge in [0.1, 0.15) is 0 Å². The Morgan fingerprint density at radius 1 is 1.32 bits per heavy atom. The van der Waals surface area contributed by atoms with E-state index in [0.29, 0.717) is 23.9 Å². The highest BCUT2D eigenvalue weighted by molar-refractivity contribution is 9.10. The minimum atomic E-state index is -0.0675. The average Bonchev–Trinajstić information content (AvgIpc) is 3.33. The molecule has 1 saturated heterocycles. The molecular formula is C19H21BrN6O2. The minimum Gasteiger partial charge on any atom is -0.419 e. The van der Waals surface area contributed by atoms with Gasteiger partial charge in [-0.2, -0.15) is 5.10 Å². The van der Waals surface area contributed by atoms with E-state index in [1.54, 1.807) is 24.1 Å². The monoisotopic (exact) mass is 444 g/mol. The van der Waals surface area contributed by atoms with Crippen LogP contribution in [0, 0.1) is 0 Å². The fraction of sp³-hybridized carbons (Fsp3) is 0.368. The number of hydrogen-bond acceptors (Lipinski definition) is 6. The second-order valence-corrected chi connectivity index (χ2v) is 7.85. The lowest BCUT2D eigenvalue weighted by Crippen LogP contribution is -2.44. The van der Waals surface area contributed by atoms with Crippen molar-refractivity contribution in [2.45, 2.75) is 25.4 Å². The van der Waals surface area contributed by atoms with Gasteiger partial charge >= 0.3 is 0 Å². The number of amides is 1. The van der Waals surface area contributed by atoms with Gasteiger partial charge in [0.25, 0.3) is 5.91 Å². The van der Waals surface area contributed by atoms with Gasteiger partial charge in [0, 0.05) is 42.4 Å². The van der Waals surface area contributed by atoms with Crippen molar-refractivity contribution in [3.8, 4) is 11.5 Å². The van der Waals surface area contributed by atoms with E-state index >= 15 is 0 Å². The largest absolute Gasteiger partial charge is 0.419 e. The Morgan fingerprint density at radius 3 is 2.86 bits per heavy atom. The van der Waals surface area contributed by atoms with E-state index in [1.165, 1.54) is 0 Å². The number of carbonyl (C=O) groups is 1. The second kappa shape index (κ2) is 8.24. The summed E-state index contributed by atoms with van der Waals surface area (Å²) in [5.41, 5.74) is 1.49. The fourth-order valence-corrected chi connectivity index (χ4v) is 3.69. The Labute approximate surface area is 171 Å². The average molecular weight is 445 g/mol. The number of hydrogen-bond donors (Lipinski definition) is 1. The van der Waals surface area contributed by atoms with Gasteiger partial charge in [0.2, 0.25) is 11.8 Å². The van der Waals surface area contributed by atoms with Crippen LogP contribution in [0.15, 0.2) is 45.5 Å². The van der Waals surface area contributed by atoms with Crippen molar-refractivity contribution >= 4 is 21.8 Å². The molecule has 1 fully saturated rings. The van der Waals surface area contributed by atoms with Gasteiger partial charge in [0.05, 0.1) is 18.3 Å². The molecular weight excluding hydrogens is 424 g/mol. The van der Waals surface area contributed by atoms with E-state index in [-0.39, 0.29) is 11.9 Å². The third-order valence-electron chi connectivity index (χ3n) is 4.79. The third kappa shape index (κ3) is 4.48. The van der Waals surface area contributed by atoms with Crippen LogP contribution in [-0.2, 0) is 13.6 Å². The van der Waals surface area contributed by atoms with Crippen molar-refractivity contribution in [2.24, 2.45) is 7.05 Å². The van der Waals surface area contributed by atoms with Crippen LogP contribution in [0.5, 0.6) is 0 Å². The Balaban J connectivity index is 1.28. The highest BCUT2D eigenvalue weighted by atomic mass is 79.9. The molecule has 0 bridgehead atoms. The Hall–Kier alpha value is -2.52. The summed E-state index contributed by atoms with van der Waals surface area (Å²) >= 11 is 3.45. The van der Waals surface area contributed by atoms with Crippen molar-refractivity contribution in [1.82, 2.24) is 30.2 Å². The summed E-state index contributed by atoms with van der Waals surface area (Å²) in [4.78, 5) is 14.5. The maximum atomic E-state index is 12.2. The zero-order valence-electron chi connectivity index (χ0n) is 15.5. The molecule has 0 atom stereocenters. The molecule has 4 rings (SSSR count). The first-order valence-corrected chi connectivity index (χ1v) is 9.96. The smallest absolute Gasteiger partial charge is 0.254 e. The van der Waals surface area contributed by atoms with Crippen LogP contribution in [0.25, 0.3) is 11.5 Å². The fourth-order valence-electron chi connectivity index (χ4n) is 3.29. The van der Waals surface area contributed by atoms with Crippen molar-refractivity contribution in [3.05, 3.63) is 52.6 Å². The highest BCUT2D eigenvalue weighted by Gasteiger charge is 2.23. The standard InChI is InChI=1S/C19H21BrN6O2/c1-25-11-14(10-21-25)18(27)22-16-5-7-26(8-6-16)12-17-23-24-19(28-17)13-3-2-4-15(20)9-13/h2-4,9-11,16H,5-8,12H2,1H3,(H,22,27). The van der Waals surface area contributed by atoms with Crippen LogP contribution in [-0.4, -0.2) is 49.9 Å². The van der Waals surface area contributed by atoms with Crippen LogP contribution in [0.3, 0.4) is 0 Å². The zero-order chi connectivity index (χ0) is 19.5. The second-order valence-electron chi connectivity index (χ2n) is 6.94. The normalized spacial score (nSPS) is 15.6. The number of rotatable bonds is 5. The summed E-state index contributed by atoms with van der Waals surface area (Å²) in [6, 6.07) is 7.96. The number of nitrogens with one attached hydrogen (secondary N) is 1. The Kier molecular flexibility index (Phi) is 5.54. The molecule has 146 valence electrons. The van der Waals surface area contributed by atoms with E-state index in [4.69, 9.17) is 4.42 Å². The molecule has 1 N–H and O–H groups in total. The summed E-state index contributed by atoms with van der Waals surface area (Å²) in [6.07, 6.45) is 5.09. The molecule has 2 aromatic heterocycles. The lowest BCUT2D eigenvalue weighted by atomic mass is 10.0. The zero-order valence-corrected chi connectivity index (χ0v) is 17.1. The maximum absolute atomic E-state index is 12.2. The molecule has 0 unspecified atom stereocenters. The molecule has 1 aliphatic rings. The van der Waals surface area contributed by atoms with Crippen molar-refractivity contribution in [2.75, 3.05) is 13.1 Å². The first-order valence-electron chi connectivity index (χ1n) is 9.17. The lowest BCUT2D eigenvalue weighted by molar-refractivity contribution is 0.0905. The van der Waals surface area contributed by atoms with E-state index < -0.39 is 0 Å². The number of nitrogens with zero attached hydrogens (tertiary/aromatic N) is 5. The van der Waals surface area contributed by atoms with Crippen LogP contribution in [0.4, 0.5) is 0 Å². The molecule has 9 heteroatoms. The lowest BCUT2D eigenvalue weighted by Gasteiger charge is -2.31. The quantitative estimate of drug-likeness (QED) is 0.650. The van der Waals surface area contributed by atoms with E-state index in [0.717, 1.165) is 36.0 Å². The molecule has 28 heavy (non-hydrogen) atoms. The first-order chi connectivity index (χ1) is 13.6. The van der Waals surface area contributed by atoms with Gasteiger partial charge in [-0.05, 0) is 31.0 Å². The number of aryl methyl sites for hydroxylation is 1. The predicted molar refractivity (Wildman–Crippen MR) is 106 cm³/mol. The summed E-state index contributed by atoms with van der Waals surface area (Å²) in [5, 5.41) is 15.5. The molecule has 0 aliphatic carbocycles. The molecule has 3 heterocycles. The number of benzene rings is 1. The predicted octanol–water partition coefficient (Wildman–Crippen LogP) is 2.63. The van der Waals surface area contributed by atoms with Crippen LogP contribution < -0.4 is 5.32 Å². The van der Waals surface area contributed by atoms with Gasteiger partial charge in [-0.25, -0.2) is 0 Å². The van der Waals surface area contributed by atoms with Gasteiger partial charge in [-0.15, -0.1) is 10.2 Å². The van der Waals surface area contributed by atoms with Crippen molar-refractivity contribution < 1.29 is 9.21 Å². The Morgan fingerprint density at radius 2 is 2.14 bits per heavy atom. The molecule has 1 aliphatic heterocycles. The van der Waals surface area contributed by atoms with E-state index in [9.17, 15) is 4.79 Å². The number of carbonyl (C=O) groups excluding carboxylic acids is 1. The molecule has 1 amide bonds. The van der Waals surface area contributed by atoms with E-state index in [2.05, 4.69) is 41.4 Å². The summed E-state index contributed by atoms with van der Waals surface area (Å²) in [6.45, 7) is 2.35. The SMILES string of the molecule is Cn1cc(C(=O)NC2CCN(Cc3nnc(-c4cccc(Br)c4)o3)CC2)cn1. The summed E-state index contributed by atoms with van der Waals surface area (Å²) in [7, 11) is 1.80. The van der Waals surface area contributed by atoms with Crippen LogP contribution in [0.1, 0.15) is 29.1 Å². The molecule has 0 saturated carbocycles. The summed E-state index contributed by atoms with van der Waals surface area (Å²) in [5.74, 6) is 1.06.